The van der Waals surface area contributed by atoms with E-state index in [-0.39, 0.29) is 0 Å². The second-order valence-electron chi connectivity index (χ2n) is 5.42. The summed E-state index contributed by atoms with van der Waals surface area (Å²) in [4.78, 5) is 12.3. The largest absolute Gasteiger partial charge is 0.544 e. The molecule has 2 rings (SSSR count). The van der Waals surface area contributed by atoms with E-state index in [1.165, 1.54) is 39.1 Å². The van der Waals surface area contributed by atoms with E-state index in [4.69, 9.17) is 14.7 Å². The Kier molecular flexibility index (Phi) is 6.01. The average Bonchev–Trinajstić information content (AvgIpc) is 3.06. The SMILES string of the molecule is COc1cc(/C=C(\C#N)C(=O)[O-])ccc1OCC[NH+]1CCCC1. The summed E-state index contributed by atoms with van der Waals surface area (Å²) in [6, 6.07) is 6.63. The van der Waals surface area contributed by atoms with Crippen LogP contribution in [0.1, 0.15) is 18.4 Å². The molecular weight excluding hydrogens is 296 g/mol. The molecule has 122 valence electrons. The van der Waals surface area contributed by atoms with E-state index in [1.54, 1.807) is 29.2 Å². The van der Waals surface area contributed by atoms with Crippen molar-refractivity contribution in [1.82, 2.24) is 0 Å². The number of quaternary nitrogens is 1. The summed E-state index contributed by atoms with van der Waals surface area (Å²) < 4.78 is 11.0. The highest BCUT2D eigenvalue weighted by atomic mass is 16.5. The van der Waals surface area contributed by atoms with Gasteiger partial charge in [-0.05, 0) is 23.8 Å². The third kappa shape index (κ3) is 4.73. The minimum Gasteiger partial charge on any atom is -0.544 e. The van der Waals surface area contributed by atoms with Crippen LogP contribution in [0.4, 0.5) is 0 Å². The molecular formula is C17H20N2O4. The monoisotopic (exact) mass is 316 g/mol. The Labute approximate surface area is 135 Å². The van der Waals surface area contributed by atoms with Crippen LogP contribution < -0.4 is 19.5 Å². The summed E-state index contributed by atoms with van der Waals surface area (Å²) in [5, 5.41) is 19.5. The molecule has 0 unspecified atom stereocenters. The minimum absolute atomic E-state index is 0.432. The van der Waals surface area contributed by atoms with Gasteiger partial charge in [0.1, 0.15) is 19.2 Å². The molecule has 23 heavy (non-hydrogen) atoms. The lowest BCUT2D eigenvalue weighted by molar-refractivity contribution is -0.887. The molecule has 0 aromatic heterocycles. The molecule has 0 aliphatic carbocycles. The van der Waals surface area contributed by atoms with Crippen LogP contribution in [-0.4, -0.2) is 39.3 Å². The average molecular weight is 316 g/mol. The number of benzene rings is 1. The maximum atomic E-state index is 10.8. The van der Waals surface area contributed by atoms with E-state index in [0.29, 0.717) is 23.7 Å². The fraction of sp³-hybridized carbons (Fsp3) is 0.412. The zero-order chi connectivity index (χ0) is 16.7. The number of hydrogen-bond acceptors (Lipinski definition) is 5. The van der Waals surface area contributed by atoms with Gasteiger partial charge in [0.05, 0.1) is 31.7 Å². The van der Waals surface area contributed by atoms with Crippen LogP contribution in [0.5, 0.6) is 11.5 Å². The van der Waals surface area contributed by atoms with Crippen LogP contribution in [0.2, 0.25) is 0 Å². The van der Waals surface area contributed by atoms with E-state index < -0.39 is 11.5 Å². The van der Waals surface area contributed by atoms with E-state index in [0.717, 1.165) is 6.54 Å². The second-order valence-corrected chi connectivity index (χ2v) is 5.42. The number of ether oxygens (including phenoxy) is 2. The van der Waals surface area contributed by atoms with E-state index >= 15 is 0 Å². The number of likely N-dealkylation sites (tertiary alicyclic amines) is 1. The lowest BCUT2D eigenvalue weighted by atomic mass is 10.1. The third-order valence-electron chi connectivity index (χ3n) is 3.86. The van der Waals surface area contributed by atoms with Gasteiger partial charge in [-0.3, -0.25) is 0 Å². The Morgan fingerprint density at radius 3 is 2.74 bits per heavy atom. The van der Waals surface area contributed by atoms with Crippen LogP contribution >= 0.6 is 0 Å². The Hall–Kier alpha value is -2.52. The Morgan fingerprint density at radius 2 is 2.13 bits per heavy atom. The number of aliphatic carboxylic acids is 1. The fourth-order valence-electron chi connectivity index (χ4n) is 2.63. The maximum Gasteiger partial charge on any atom is 0.161 e. The molecule has 6 heteroatoms. The van der Waals surface area contributed by atoms with Crippen molar-refractivity contribution in [1.29, 1.82) is 5.26 Å². The Morgan fingerprint density at radius 1 is 1.39 bits per heavy atom. The number of nitrogens with zero attached hydrogens (tertiary/aromatic N) is 1. The van der Waals surface area contributed by atoms with Crippen molar-refractivity contribution < 1.29 is 24.3 Å². The summed E-state index contributed by atoms with van der Waals surface area (Å²) in [6.07, 6.45) is 3.80. The van der Waals surface area contributed by atoms with Crippen molar-refractivity contribution in [3.05, 3.63) is 29.3 Å². The number of methoxy groups -OCH3 is 1. The summed E-state index contributed by atoms with van der Waals surface area (Å²) in [7, 11) is 1.52. The molecule has 0 bridgehead atoms. The number of carbonyl (C=O) groups is 1. The number of carboxylic acids is 1. The normalized spacial score (nSPS) is 15.2. The number of hydrogen-bond donors (Lipinski definition) is 1. The van der Waals surface area contributed by atoms with Crippen LogP contribution in [0.15, 0.2) is 23.8 Å². The molecule has 1 saturated heterocycles. The summed E-state index contributed by atoms with van der Waals surface area (Å²) in [5.41, 5.74) is 0.110. The quantitative estimate of drug-likeness (QED) is 0.537. The highest BCUT2D eigenvalue weighted by molar-refractivity contribution is 5.95. The lowest BCUT2D eigenvalue weighted by Crippen LogP contribution is -3.10. The van der Waals surface area contributed by atoms with Crippen molar-refractivity contribution in [2.24, 2.45) is 0 Å². The first-order valence-electron chi connectivity index (χ1n) is 7.61. The first-order valence-corrected chi connectivity index (χ1v) is 7.61. The highest BCUT2D eigenvalue weighted by Gasteiger charge is 2.15. The van der Waals surface area contributed by atoms with Crippen molar-refractivity contribution in [3.8, 4) is 17.6 Å². The lowest BCUT2D eigenvalue weighted by Gasteiger charge is -2.14. The molecule has 0 amide bonds. The number of nitrogens with one attached hydrogen (secondary N) is 1. The molecule has 0 atom stereocenters. The summed E-state index contributed by atoms with van der Waals surface area (Å²) in [5.74, 6) is -0.388. The van der Waals surface area contributed by atoms with E-state index in [9.17, 15) is 9.90 Å². The molecule has 1 heterocycles. The molecule has 1 aromatic carbocycles. The molecule has 1 fully saturated rings. The van der Waals surface area contributed by atoms with E-state index in [1.807, 2.05) is 0 Å². The van der Waals surface area contributed by atoms with Crippen LogP contribution in [-0.2, 0) is 4.79 Å². The predicted octanol–water partition coefficient (Wildman–Crippen LogP) is -0.590. The van der Waals surface area contributed by atoms with Gasteiger partial charge in [-0.25, -0.2) is 0 Å². The van der Waals surface area contributed by atoms with Gasteiger partial charge in [-0.2, -0.15) is 5.26 Å². The molecule has 1 aliphatic heterocycles. The van der Waals surface area contributed by atoms with Gasteiger partial charge in [0.15, 0.2) is 11.5 Å². The number of nitriles is 1. The Bertz CT molecular complexity index is 628. The molecule has 0 spiro atoms. The zero-order valence-corrected chi connectivity index (χ0v) is 13.1. The zero-order valence-electron chi connectivity index (χ0n) is 13.1. The minimum atomic E-state index is -1.50. The third-order valence-corrected chi connectivity index (χ3v) is 3.86. The molecule has 6 nitrogen and oxygen atoms in total. The number of rotatable bonds is 7. The first-order chi connectivity index (χ1) is 11.1. The van der Waals surface area contributed by atoms with Gasteiger partial charge in [0, 0.05) is 12.8 Å². The maximum absolute atomic E-state index is 10.8. The first kappa shape index (κ1) is 16.8. The fourth-order valence-corrected chi connectivity index (χ4v) is 2.63. The predicted molar refractivity (Wildman–Crippen MR) is 81.9 cm³/mol. The molecule has 1 aliphatic rings. The van der Waals surface area contributed by atoms with Gasteiger partial charge in [0.25, 0.3) is 0 Å². The van der Waals surface area contributed by atoms with Crippen molar-refractivity contribution in [3.63, 3.8) is 0 Å². The van der Waals surface area contributed by atoms with Gasteiger partial charge in [-0.15, -0.1) is 0 Å². The summed E-state index contributed by atoms with van der Waals surface area (Å²) in [6.45, 7) is 3.95. The van der Waals surface area contributed by atoms with Gasteiger partial charge < -0.3 is 24.3 Å². The number of carbonyl (C=O) groups excluding carboxylic acids is 1. The Balaban J connectivity index is 2.04. The molecule has 0 saturated carbocycles. The van der Waals surface area contributed by atoms with Crippen LogP contribution in [0.25, 0.3) is 6.08 Å². The van der Waals surface area contributed by atoms with Crippen LogP contribution in [0.3, 0.4) is 0 Å². The topological polar surface area (TPSA) is 86.8 Å². The standard InChI is InChI=1S/C17H20N2O4/c1-22-16-11-13(10-14(12-18)17(20)21)4-5-15(16)23-9-8-19-6-2-3-7-19/h4-5,10-11H,2-3,6-9H2,1H3,(H,20,21)/b14-10+. The number of carboxylic acid groups (broad SMARTS) is 1. The summed E-state index contributed by atoms with van der Waals surface area (Å²) >= 11 is 0. The van der Waals surface area contributed by atoms with Gasteiger partial charge >= 0.3 is 0 Å². The molecule has 1 N–H and O–H groups in total. The van der Waals surface area contributed by atoms with E-state index in [2.05, 4.69) is 0 Å². The smallest absolute Gasteiger partial charge is 0.161 e. The van der Waals surface area contributed by atoms with Crippen molar-refractivity contribution >= 4 is 12.0 Å². The van der Waals surface area contributed by atoms with Gasteiger partial charge in [-0.1, -0.05) is 6.07 Å². The molecule has 1 aromatic rings. The van der Waals surface area contributed by atoms with Crippen LogP contribution in [0, 0.1) is 11.3 Å². The van der Waals surface area contributed by atoms with Gasteiger partial charge in [0.2, 0.25) is 0 Å². The second kappa shape index (κ2) is 8.20. The van der Waals surface area contributed by atoms with Crippen molar-refractivity contribution in [2.75, 3.05) is 33.4 Å². The highest BCUT2D eigenvalue weighted by Crippen LogP contribution is 2.28. The van der Waals surface area contributed by atoms with Crippen molar-refractivity contribution in [2.45, 2.75) is 12.8 Å². The molecule has 0 radical (unpaired) electrons.